The first-order valence-corrected chi connectivity index (χ1v) is 6.69. The number of amides is 1. The second-order valence-corrected chi connectivity index (χ2v) is 4.90. The summed E-state index contributed by atoms with van der Waals surface area (Å²) >= 11 is 1.14. The van der Waals surface area contributed by atoms with E-state index in [1.54, 1.807) is 19.1 Å². The molecule has 2 rings (SSSR count). The zero-order chi connectivity index (χ0) is 14.5. The van der Waals surface area contributed by atoms with Gasteiger partial charge >= 0.3 is 0 Å². The smallest absolute Gasteiger partial charge is 0.257 e. The van der Waals surface area contributed by atoms with Crippen molar-refractivity contribution >= 4 is 22.6 Å². The summed E-state index contributed by atoms with van der Waals surface area (Å²) in [4.78, 5) is 16.2. The summed E-state index contributed by atoms with van der Waals surface area (Å²) in [5, 5.41) is 11.9. The minimum Gasteiger partial charge on any atom is -0.384 e. The summed E-state index contributed by atoms with van der Waals surface area (Å²) in [7, 11) is 0. The first-order chi connectivity index (χ1) is 9.58. The number of carbonyl (C=O) groups excluding carboxylic acids is 1. The average molecular weight is 287 g/mol. The second-order valence-electron chi connectivity index (χ2n) is 4.15. The summed E-state index contributed by atoms with van der Waals surface area (Å²) < 4.78 is 4.00. The van der Waals surface area contributed by atoms with Crippen LogP contribution in [0.2, 0.25) is 0 Å². The molecule has 102 valence electrons. The zero-order valence-corrected chi connectivity index (χ0v) is 11.9. The number of nitrogens with zero attached hydrogens (tertiary/aromatic N) is 2. The van der Waals surface area contributed by atoms with E-state index >= 15 is 0 Å². The number of aryl methyl sites for hydroxylation is 2. The lowest BCUT2D eigenvalue weighted by molar-refractivity contribution is 0.102. The highest BCUT2D eigenvalue weighted by Gasteiger charge is 2.10. The number of carbonyl (C=O) groups is 1. The van der Waals surface area contributed by atoms with Gasteiger partial charge in [0.1, 0.15) is 12.4 Å². The summed E-state index contributed by atoms with van der Waals surface area (Å²) in [5.41, 5.74) is 2.12. The maximum Gasteiger partial charge on any atom is 0.257 e. The first-order valence-electron chi connectivity index (χ1n) is 5.91. The lowest BCUT2D eigenvalue weighted by Crippen LogP contribution is -2.12. The molecule has 2 aromatic rings. The molecular weight excluding hydrogens is 274 g/mol. The predicted molar refractivity (Wildman–Crippen MR) is 77.7 cm³/mol. The number of anilines is 1. The summed E-state index contributed by atoms with van der Waals surface area (Å²) in [6.07, 6.45) is 0. The molecule has 0 radical (unpaired) electrons. The van der Waals surface area contributed by atoms with E-state index in [1.807, 2.05) is 13.0 Å². The van der Waals surface area contributed by atoms with Crippen molar-refractivity contribution in [3.8, 4) is 11.8 Å². The molecule has 0 atom stereocenters. The predicted octanol–water partition coefficient (Wildman–Crippen LogP) is 1.75. The van der Waals surface area contributed by atoms with Crippen LogP contribution in [0.25, 0.3) is 0 Å². The molecule has 6 heteroatoms. The third-order valence-electron chi connectivity index (χ3n) is 2.40. The molecule has 0 bridgehead atoms. The summed E-state index contributed by atoms with van der Waals surface area (Å²) in [6, 6.07) is 5.31. The van der Waals surface area contributed by atoms with Gasteiger partial charge in [0.05, 0.1) is 0 Å². The van der Waals surface area contributed by atoms with E-state index in [0.717, 1.165) is 17.1 Å². The van der Waals surface area contributed by atoms with Gasteiger partial charge in [0.2, 0.25) is 5.13 Å². The quantitative estimate of drug-likeness (QED) is 0.825. The van der Waals surface area contributed by atoms with Crippen LogP contribution in [0.5, 0.6) is 0 Å². The highest BCUT2D eigenvalue weighted by Crippen LogP contribution is 2.14. The van der Waals surface area contributed by atoms with Gasteiger partial charge in [-0.05, 0) is 37.6 Å². The maximum absolute atomic E-state index is 12.1. The molecular formula is C14H13N3O2S. The Kier molecular flexibility index (Phi) is 4.45. The van der Waals surface area contributed by atoms with E-state index in [0.29, 0.717) is 22.1 Å². The Bertz CT molecular complexity index is 698. The Morgan fingerprint density at radius 2 is 2.20 bits per heavy atom. The molecule has 0 unspecified atom stereocenters. The van der Waals surface area contributed by atoms with Gasteiger partial charge in [-0.2, -0.15) is 4.37 Å². The summed E-state index contributed by atoms with van der Waals surface area (Å²) in [6.45, 7) is 3.44. The number of aliphatic hydroxyl groups excluding tert-OH is 1. The highest BCUT2D eigenvalue weighted by molar-refractivity contribution is 7.09. The van der Waals surface area contributed by atoms with Gasteiger partial charge in [-0.25, -0.2) is 4.98 Å². The van der Waals surface area contributed by atoms with Crippen LogP contribution in [0.15, 0.2) is 18.2 Å². The van der Waals surface area contributed by atoms with Gasteiger partial charge in [0.15, 0.2) is 0 Å². The minimum absolute atomic E-state index is 0.209. The molecule has 0 aliphatic carbocycles. The van der Waals surface area contributed by atoms with Crippen LogP contribution >= 0.6 is 11.5 Å². The normalized spacial score (nSPS) is 9.75. The fourth-order valence-electron chi connectivity index (χ4n) is 1.65. The number of rotatable bonds is 2. The first kappa shape index (κ1) is 14.2. The van der Waals surface area contributed by atoms with Crippen molar-refractivity contribution in [3.05, 3.63) is 40.7 Å². The molecule has 1 heterocycles. The van der Waals surface area contributed by atoms with Crippen molar-refractivity contribution in [3.63, 3.8) is 0 Å². The maximum atomic E-state index is 12.1. The van der Waals surface area contributed by atoms with Crippen LogP contribution < -0.4 is 5.32 Å². The van der Waals surface area contributed by atoms with Gasteiger partial charge in [-0.1, -0.05) is 11.8 Å². The van der Waals surface area contributed by atoms with Crippen LogP contribution in [0.3, 0.4) is 0 Å². The summed E-state index contributed by atoms with van der Waals surface area (Å²) in [5.74, 6) is 5.73. The molecule has 20 heavy (non-hydrogen) atoms. The minimum atomic E-state index is -0.253. The number of hydrogen-bond acceptors (Lipinski definition) is 5. The largest absolute Gasteiger partial charge is 0.384 e. The Morgan fingerprint density at radius 1 is 1.40 bits per heavy atom. The number of hydrogen-bond donors (Lipinski definition) is 2. The Balaban J connectivity index is 2.23. The number of aromatic nitrogens is 2. The topological polar surface area (TPSA) is 75.1 Å². The SMILES string of the molecule is Cc1cc(C#CCO)cc(C(=O)Nc2nc(C)ns2)c1. The molecule has 0 saturated carbocycles. The number of benzene rings is 1. The molecule has 0 aliphatic rings. The Labute approximate surface area is 120 Å². The highest BCUT2D eigenvalue weighted by atomic mass is 32.1. The molecule has 2 N–H and O–H groups in total. The fourth-order valence-corrected chi connectivity index (χ4v) is 2.22. The zero-order valence-electron chi connectivity index (χ0n) is 11.1. The molecule has 0 saturated heterocycles. The van der Waals surface area contributed by atoms with Crippen LogP contribution in [0, 0.1) is 25.7 Å². The van der Waals surface area contributed by atoms with E-state index in [9.17, 15) is 4.79 Å². The van der Waals surface area contributed by atoms with Gasteiger partial charge in [-0.3, -0.25) is 10.1 Å². The standard InChI is InChI=1S/C14H13N3O2S/c1-9-6-11(4-3-5-18)8-12(7-9)13(19)16-14-15-10(2)17-20-14/h6-8,18H,5H2,1-2H3,(H,15,16,17,19). The molecule has 0 fully saturated rings. The van der Waals surface area contributed by atoms with E-state index < -0.39 is 0 Å². The van der Waals surface area contributed by atoms with Crippen LogP contribution in [-0.2, 0) is 0 Å². The van der Waals surface area contributed by atoms with Crippen molar-refractivity contribution in [1.29, 1.82) is 0 Å². The number of aliphatic hydroxyl groups is 1. The van der Waals surface area contributed by atoms with E-state index in [4.69, 9.17) is 5.11 Å². The average Bonchev–Trinajstić information content (AvgIpc) is 2.81. The third-order valence-corrected chi connectivity index (χ3v) is 3.12. The van der Waals surface area contributed by atoms with Gasteiger partial charge in [0.25, 0.3) is 5.91 Å². The lowest BCUT2D eigenvalue weighted by Gasteiger charge is -2.04. The van der Waals surface area contributed by atoms with E-state index in [2.05, 4.69) is 26.5 Å². The monoisotopic (exact) mass is 287 g/mol. The molecule has 1 amide bonds. The van der Waals surface area contributed by atoms with Crippen molar-refractivity contribution in [2.24, 2.45) is 0 Å². The molecule has 1 aromatic heterocycles. The Hall–Kier alpha value is -2.23. The van der Waals surface area contributed by atoms with Gasteiger partial charge in [0, 0.05) is 22.7 Å². The lowest BCUT2D eigenvalue weighted by atomic mass is 10.1. The molecule has 5 nitrogen and oxygen atoms in total. The second kappa shape index (κ2) is 6.28. The van der Waals surface area contributed by atoms with E-state index in [1.165, 1.54) is 0 Å². The van der Waals surface area contributed by atoms with Crippen molar-refractivity contribution in [2.45, 2.75) is 13.8 Å². The van der Waals surface area contributed by atoms with Crippen molar-refractivity contribution < 1.29 is 9.90 Å². The van der Waals surface area contributed by atoms with Gasteiger partial charge in [-0.15, -0.1) is 0 Å². The van der Waals surface area contributed by atoms with Gasteiger partial charge < -0.3 is 5.11 Å². The van der Waals surface area contributed by atoms with Crippen LogP contribution in [0.4, 0.5) is 5.13 Å². The Morgan fingerprint density at radius 3 is 2.85 bits per heavy atom. The molecule has 0 spiro atoms. The fraction of sp³-hybridized carbons (Fsp3) is 0.214. The van der Waals surface area contributed by atoms with Crippen molar-refractivity contribution in [1.82, 2.24) is 9.36 Å². The molecule has 0 aliphatic heterocycles. The van der Waals surface area contributed by atoms with E-state index in [-0.39, 0.29) is 12.5 Å². The van der Waals surface area contributed by atoms with Crippen LogP contribution in [0.1, 0.15) is 27.3 Å². The third kappa shape index (κ3) is 3.63. The number of nitrogens with one attached hydrogen (secondary N) is 1. The molecule has 1 aromatic carbocycles. The van der Waals surface area contributed by atoms with Crippen LogP contribution in [-0.4, -0.2) is 27.0 Å². The van der Waals surface area contributed by atoms with Crippen molar-refractivity contribution in [2.75, 3.05) is 11.9 Å².